The van der Waals surface area contributed by atoms with Gasteiger partial charge in [0.1, 0.15) is 29.8 Å². The molecule has 7 heteroatoms. The average Bonchev–Trinajstić information content (AvgIpc) is 3.24. The summed E-state index contributed by atoms with van der Waals surface area (Å²) < 4.78 is 39.2. The van der Waals surface area contributed by atoms with Crippen LogP contribution in [0.3, 0.4) is 0 Å². The molecule has 1 aromatic heterocycles. The molecule has 0 fully saturated rings. The Hall–Kier alpha value is -1.83. The zero-order valence-electron chi connectivity index (χ0n) is 16.5. The quantitative estimate of drug-likeness (QED) is 0.274. The van der Waals surface area contributed by atoms with Gasteiger partial charge in [0.25, 0.3) is 0 Å². The summed E-state index contributed by atoms with van der Waals surface area (Å²) >= 11 is 1.47. The van der Waals surface area contributed by atoms with Crippen molar-refractivity contribution >= 4 is 33.3 Å². The van der Waals surface area contributed by atoms with Gasteiger partial charge in [-0.1, -0.05) is 39.4 Å². The number of benzene rings is 2. The van der Waals surface area contributed by atoms with E-state index in [9.17, 15) is 8.78 Å². The Morgan fingerprint density at radius 3 is 2.67 bits per heavy atom. The van der Waals surface area contributed by atoms with Crippen molar-refractivity contribution in [2.24, 2.45) is 0 Å². The van der Waals surface area contributed by atoms with Crippen LogP contribution >= 0.6 is 33.3 Å². The van der Waals surface area contributed by atoms with Gasteiger partial charge in [-0.25, -0.2) is 8.78 Å². The monoisotopic (exact) mass is 462 g/mol. The maximum absolute atomic E-state index is 14.0. The van der Waals surface area contributed by atoms with Crippen LogP contribution in [0, 0.1) is 25.5 Å². The molecule has 4 rings (SSSR count). The van der Waals surface area contributed by atoms with Gasteiger partial charge in [0.15, 0.2) is 0 Å². The van der Waals surface area contributed by atoms with Crippen molar-refractivity contribution in [1.82, 2.24) is 0 Å². The van der Waals surface area contributed by atoms with Crippen molar-refractivity contribution in [3.63, 3.8) is 0 Å². The summed E-state index contributed by atoms with van der Waals surface area (Å²) in [5, 5.41) is 2.03. The van der Waals surface area contributed by atoms with E-state index in [1.807, 2.05) is 29.7 Å². The second kappa shape index (κ2) is 9.54. The lowest BCUT2D eigenvalue weighted by atomic mass is 10.00. The predicted molar refractivity (Wildman–Crippen MR) is 122 cm³/mol. The fourth-order valence-electron chi connectivity index (χ4n) is 3.01. The second-order valence-corrected chi connectivity index (χ2v) is 10.4. The van der Waals surface area contributed by atoms with Crippen molar-refractivity contribution in [2.45, 2.75) is 29.7 Å². The molecule has 0 aliphatic carbocycles. The topological polar surface area (TPSA) is 22.4 Å². The Kier molecular flexibility index (Phi) is 6.80. The van der Waals surface area contributed by atoms with Crippen LogP contribution < -0.4 is 4.74 Å². The first-order chi connectivity index (χ1) is 14.5. The van der Waals surface area contributed by atoms with Gasteiger partial charge in [-0.3, -0.25) is 0 Å². The number of hydrogen-bond acceptors (Lipinski definition) is 5. The highest BCUT2D eigenvalue weighted by Crippen LogP contribution is 2.50. The van der Waals surface area contributed by atoms with Gasteiger partial charge in [-0.2, -0.15) is 0 Å². The molecule has 1 aliphatic rings. The van der Waals surface area contributed by atoms with Crippen LogP contribution in [0.25, 0.3) is 0 Å². The molecule has 0 N–H and O–H groups in total. The van der Waals surface area contributed by atoms with Crippen LogP contribution in [0.5, 0.6) is 5.75 Å². The van der Waals surface area contributed by atoms with Crippen LogP contribution in [0.1, 0.15) is 27.7 Å². The van der Waals surface area contributed by atoms with Crippen molar-refractivity contribution in [3.05, 3.63) is 93.8 Å². The molecule has 3 aromatic rings. The number of fused-ring (bicyclic) bond motifs is 1. The van der Waals surface area contributed by atoms with Gasteiger partial charge in [0.2, 0.25) is 0 Å². The van der Waals surface area contributed by atoms with Crippen molar-refractivity contribution < 1.29 is 17.9 Å². The van der Waals surface area contributed by atoms with Crippen molar-refractivity contribution in [1.29, 1.82) is 0 Å². The number of hydrogen-bond donors (Lipinski definition) is 0. The smallest absolute Gasteiger partial charge is 0.129 e. The lowest BCUT2D eigenvalue weighted by Crippen LogP contribution is -2.16. The van der Waals surface area contributed by atoms with Gasteiger partial charge in [-0.05, 0) is 66.3 Å². The third kappa shape index (κ3) is 4.90. The van der Waals surface area contributed by atoms with E-state index in [0.717, 1.165) is 27.5 Å². The van der Waals surface area contributed by atoms with Gasteiger partial charge in [-0.15, -0.1) is 0 Å². The summed E-state index contributed by atoms with van der Waals surface area (Å²) in [5.41, 5.74) is 3.24. The van der Waals surface area contributed by atoms with E-state index in [-0.39, 0.29) is 16.9 Å². The maximum Gasteiger partial charge on any atom is 0.129 e. The first-order valence-corrected chi connectivity index (χ1v) is 12.6. The molecule has 156 valence electrons. The van der Waals surface area contributed by atoms with Crippen LogP contribution in [0.15, 0.2) is 69.0 Å². The summed E-state index contributed by atoms with van der Waals surface area (Å²) in [6.07, 6.45) is 1.67. The third-order valence-electron chi connectivity index (χ3n) is 4.74. The molecule has 1 aliphatic heterocycles. The fraction of sp³-hybridized carbons (Fsp3) is 0.217. The zero-order valence-corrected chi connectivity index (χ0v) is 18.9. The molecule has 0 saturated carbocycles. The SMILES string of the molecule is Cc1ccc(S/C=C2/COc3cc(F)c(C)cc3C2SSCc2ccco2)cc1F. The standard InChI is InChI=1S/C23H20F2O2S3/c1-14-5-6-18(9-20(14)24)28-12-16-11-27-22-10-21(25)15(2)8-19(22)23(16)30-29-13-17-4-3-7-26-17/h3-10,12,23H,11,13H2,1-2H3/b16-12-. The number of halogens is 2. The molecular weight excluding hydrogens is 442 g/mol. The van der Waals surface area contributed by atoms with Gasteiger partial charge >= 0.3 is 0 Å². The van der Waals surface area contributed by atoms with Crippen LogP contribution in [0.2, 0.25) is 0 Å². The molecule has 2 aromatic carbocycles. The molecular formula is C23H20F2O2S3. The van der Waals surface area contributed by atoms with Crippen molar-refractivity contribution in [2.75, 3.05) is 6.61 Å². The lowest BCUT2D eigenvalue weighted by Gasteiger charge is -2.28. The fourth-order valence-corrected chi connectivity index (χ4v) is 6.58. The van der Waals surface area contributed by atoms with E-state index in [0.29, 0.717) is 23.5 Å². The normalized spacial score (nSPS) is 17.1. The Bertz CT molecular complexity index is 1060. The van der Waals surface area contributed by atoms with Crippen LogP contribution in [-0.4, -0.2) is 6.61 Å². The molecule has 2 nitrogen and oxygen atoms in total. The van der Waals surface area contributed by atoms with E-state index in [2.05, 4.69) is 0 Å². The highest BCUT2D eigenvalue weighted by molar-refractivity contribution is 8.76. The van der Waals surface area contributed by atoms with Gasteiger partial charge in [0.05, 0.1) is 17.3 Å². The second-order valence-electron chi connectivity index (χ2n) is 6.97. The number of rotatable bonds is 6. The highest BCUT2D eigenvalue weighted by Gasteiger charge is 2.28. The Labute approximate surface area is 186 Å². The van der Waals surface area contributed by atoms with E-state index < -0.39 is 0 Å². The van der Waals surface area contributed by atoms with E-state index in [1.165, 1.54) is 17.8 Å². The largest absolute Gasteiger partial charge is 0.489 e. The van der Waals surface area contributed by atoms with Gasteiger partial charge in [0, 0.05) is 16.5 Å². The molecule has 0 amide bonds. The zero-order chi connectivity index (χ0) is 21.1. The molecule has 0 radical (unpaired) electrons. The summed E-state index contributed by atoms with van der Waals surface area (Å²) in [4.78, 5) is 0.832. The molecule has 0 saturated heterocycles. The minimum absolute atomic E-state index is 0.0100. The maximum atomic E-state index is 14.0. The minimum atomic E-state index is -0.266. The third-order valence-corrected chi connectivity index (χ3v) is 8.31. The first-order valence-electron chi connectivity index (χ1n) is 9.36. The summed E-state index contributed by atoms with van der Waals surface area (Å²) in [7, 11) is 3.38. The first kappa shape index (κ1) is 21.4. The molecule has 2 heterocycles. The van der Waals surface area contributed by atoms with Crippen LogP contribution in [0.4, 0.5) is 8.78 Å². The molecule has 0 bridgehead atoms. The van der Waals surface area contributed by atoms with Crippen molar-refractivity contribution in [3.8, 4) is 5.75 Å². The van der Waals surface area contributed by atoms with Gasteiger partial charge < -0.3 is 9.15 Å². The Balaban J connectivity index is 1.58. The summed E-state index contributed by atoms with van der Waals surface area (Å²) in [5.74, 6) is 1.74. The minimum Gasteiger partial charge on any atom is -0.489 e. The highest BCUT2D eigenvalue weighted by atomic mass is 33.1. The number of thioether (sulfide) groups is 1. The van der Waals surface area contributed by atoms with E-state index in [1.54, 1.807) is 53.8 Å². The molecule has 0 spiro atoms. The Morgan fingerprint density at radius 2 is 1.90 bits per heavy atom. The molecule has 30 heavy (non-hydrogen) atoms. The lowest BCUT2D eigenvalue weighted by molar-refractivity contribution is 0.328. The number of furan rings is 1. The van der Waals surface area contributed by atoms with E-state index >= 15 is 0 Å². The predicted octanol–water partition coefficient (Wildman–Crippen LogP) is 7.87. The molecule has 1 atom stereocenters. The Morgan fingerprint density at radius 1 is 1.07 bits per heavy atom. The summed E-state index contributed by atoms with van der Waals surface area (Å²) in [6, 6.07) is 12.4. The summed E-state index contributed by atoms with van der Waals surface area (Å²) in [6.45, 7) is 3.88. The molecule has 1 unspecified atom stereocenters. The average molecular weight is 463 g/mol. The van der Waals surface area contributed by atoms with E-state index in [4.69, 9.17) is 9.15 Å². The number of ether oxygens (including phenoxy) is 1. The number of aryl methyl sites for hydroxylation is 2. The van der Waals surface area contributed by atoms with Crippen LogP contribution in [-0.2, 0) is 5.75 Å².